The molecule has 0 N–H and O–H groups in total. The van der Waals surface area contributed by atoms with Gasteiger partial charge < -0.3 is 0 Å². The Kier molecular flexibility index (Phi) is 5.52. The average Bonchev–Trinajstić information content (AvgIpc) is 2.36. The zero-order valence-electron chi connectivity index (χ0n) is 9.75. The maximum atomic E-state index is 10.5. The molecule has 0 atom stereocenters. The second-order valence-corrected chi connectivity index (χ2v) is 10.3. The van der Waals surface area contributed by atoms with Crippen LogP contribution in [0.5, 0.6) is 0 Å². The quantitative estimate of drug-likeness (QED) is 0.637. The van der Waals surface area contributed by atoms with Crippen molar-refractivity contribution in [2.45, 2.75) is 20.8 Å². The van der Waals surface area contributed by atoms with E-state index >= 15 is 0 Å². The van der Waals surface area contributed by atoms with Crippen molar-refractivity contribution in [3.8, 4) is 0 Å². The van der Waals surface area contributed by atoms with Crippen molar-refractivity contribution < 1.29 is 39.3 Å². The number of rotatable bonds is 6. The van der Waals surface area contributed by atoms with Gasteiger partial charge in [0.05, 0.1) is 0 Å². The van der Waals surface area contributed by atoms with Crippen molar-refractivity contribution in [2.24, 2.45) is 0 Å². The fourth-order valence-corrected chi connectivity index (χ4v) is 1.15. The average molecular weight is 290 g/mol. The van der Waals surface area contributed by atoms with Gasteiger partial charge in [-0.15, -0.1) is 0 Å². The Bertz CT molecular complexity index is 271. The van der Waals surface area contributed by atoms with Gasteiger partial charge in [-0.1, -0.05) is 20.8 Å². The van der Waals surface area contributed by atoms with Gasteiger partial charge in [-0.2, -0.15) is 0 Å². The molecule has 7 heteroatoms. The van der Waals surface area contributed by atoms with Crippen LogP contribution in [0.3, 0.4) is 0 Å². The molecule has 0 amide bonds. The second-order valence-electron chi connectivity index (χ2n) is 3.64. The zero-order valence-corrected chi connectivity index (χ0v) is 10.8. The van der Waals surface area contributed by atoms with E-state index in [1.807, 2.05) is 0 Å². The van der Waals surface area contributed by atoms with Crippen molar-refractivity contribution in [1.29, 1.82) is 0 Å². The van der Waals surface area contributed by atoms with Crippen molar-refractivity contribution >= 4 is 31.3 Å². The van der Waals surface area contributed by atoms with Gasteiger partial charge in [0.1, 0.15) is 0 Å². The monoisotopic (exact) mass is 290 g/mol. The molecule has 0 saturated heterocycles. The van der Waals surface area contributed by atoms with Gasteiger partial charge >= 0.3 is 70.6 Å². The van der Waals surface area contributed by atoms with Gasteiger partial charge in [-0.05, 0) is 5.92 Å². The number of carbonyl (C=O) groups is 6. The van der Waals surface area contributed by atoms with E-state index in [9.17, 15) is 28.8 Å². The third-order valence-corrected chi connectivity index (χ3v) is 5.61. The van der Waals surface area contributed by atoms with Crippen molar-refractivity contribution in [3.63, 3.8) is 0 Å². The summed E-state index contributed by atoms with van der Waals surface area (Å²) in [6.07, 6.45) is 0. The second kappa shape index (κ2) is 5.24. The van der Waals surface area contributed by atoms with Crippen molar-refractivity contribution in [2.75, 3.05) is 0 Å². The van der Waals surface area contributed by atoms with Gasteiger partial charge in [-0.3, -0.25) is 0 Å². The molecule has 0 unspecified atom stereocenters. The first kappa shape index (κ1) is 17.9. The minimum absolute atomic E-state index is 0.448. The van der Waals surface area contributed by atoms with E-state index in [4.69, 9.17) is 0 Å². The van der Waals surface area contributed by atoms with Gasteiger partial charge in [0.15, 0.2) is 0 Å². The Balaban J connectivity index is 0. The van der Waals surface area contributed by atoms with Crippen LogP contribution in [0.15, 0.2) is 0 Å². The molecule has 0 rings (SSSR count). The first-order valence-corrected chi connectivity index (χ1v) is 7.68. The van der Waals surface area contributed by atoms with Gasteiger partial charge in [0.2, 0.25) is 0 Å². The van der Waals surface area contributed by atoms with Crippen molar-refractivity contribution in [1.82, 2.24) is 0 Å². The van der Waals surface area contributed by atoms with E-state index in [2.05, 4.69) is 20.8 Å². The summed E-state index contributed by atoms with van der Waals surface area (Å²) in [6.45, 7) is 6.25. The topological polar surface area (TPSA) is 102 Å². The summed E-state index contributed by atoms with van der Waals surface area (Å²) in [5.74, 6) is 1.42. The SMILES string of the molecule is C[C](C)C.O=[CH][Co]([CH]=O)([CH]=O)([CH]=O)([CH]=O)[CH]=O. The van der Waals surface area contributed by atoms with E-state index < -0.39 is 41.9 Å². The molecule has 1 radical (unpaired) electrons. The van der Waals surface area contributed by atoms with Crippen molar-refractivity contribution in [3.05, 3.63) is 5.92 Å². The Labute approximate surface area is 97.7 Å². The predicted molar refractivity (Wildman–Crippen MR) is 60.8 cm³/mol. The third-order valence-electron chi connectivity index (χ3n) is 1.36. The zero-order chi connectivity index (χ0) is 14.2. The molecular formula is C10H15CoO6. The maximum absolute atomic E-state index is 10.5. The summed E-state index contributed by atoms with van der Waals surface area (Å²) < 4.78 is 0. The van der Waals surface area contributed by atoms with Gasteiger partial charge in [0, 0.05) is 0 Å². The summed E-state index contributed by atoms with van der Waals surface area (Å²) in [6, 6.07) is 0. The summed E-state index contributed by atoms with van der Waals surface area (Å²) >= 11 is 0. The molecule has 0 saturated carbocycles. The molecule has 0 aromatic rings. The fraction of sp³-hybridized carbons (Fsp3) is 0.300. The Hall–Kier alpha value is -1.47. The first-order valence-electron chi connectivity index (χ1n) is 4.07. The summed E-state index contributed by atoms with van der Waals surface area (Å²) in [5, 5.41) is -2.69. The molecule has 0 aromatic heterocycles. The molecule has 0 heterocycles. The van der Waals surface area contributed by atoms with E-state index in [1.54, 1.807) is 0 Å². The molecular weight excluding hydrogens is 275 g/mol. The van der Waals surface area contributed by atoms with E-state index in [0.717, 1.165) is 0 Å². The summed E-state index contributed by atoms with van der Waals surface area (Å²) in [4.78, 5) is 63.2. The van der Waals surface area contributed by atoms with Crippen LogP contribution < -0.4 is 0 Å². The minimum atomic E-state index is -5.95. The molecule has 6 nitrogen and oxygen atoms in total. The Morgan fingerprint density at radius 2 is 0.706 bits per heavy atom. The Morgan fingerprint density at radius 1 is 0.588 bits per heavy atom. The van der Waals surface area contributed by atoms with Crippen LogP contribution >= 0.6 is 0 Å². The molecule has 0 aromatic carbocycles. The molecule has 0 aliphatic carbocycles. The Morgan fingerprint density at radius 3 is 0.706 bits per heavy atom. The van der Waals surface area contributed by atoms with Crippen LogP contribution in [0.1, 0.15) is 20.8 Å². The van der Waals surface area contributed by atoms with E-state index in [0.29, 0.717) is 0 Å². The van der Waals surface area contributed by atoms with Crippen LogP contribution in [0.2, 0.25) is 0 Å². The molecule has 100 valence electrons. The number of hydrogen-bond acceptors (Lipinski definition) is 6. The molecule has 0 bridgehead atoms. The van der Waals surface area contributed by atoms with Gasteiger partial charge in [0.25, 0.3) is 0 Å². The van der Waals surface area contributed by atoms with Gasteiger partial charge in [-0.25, -0.2) is 0 Å². The van der Waals surface area contributed by atoms with Crippen LogP contribution in [-0.2, 0) is 39.3 Å². The molecule has 17 heavy (non-hydrogen) atoms. The van der Waals surface area contributed by atoms with Crippen LogP contribution in [0.25, 0.3) is 0 Å². The predicted octanol–water partition coefficient (Wildman–Crippen LogP) is -0.0265. The standard InChI is InChI=1S/C4H9.6CHO.Co/c1-4(2)3;6*1-2;/h1-3H3;6*1H;. The molecule has 0 spiro atoms. The van der Waals surface area contributed by atoms with Crippen LogP contribution in [0.4, 0.5) is 0 Å². The normalized spacial score (nSPS) is 14.1. The number of carbonyl (C=O) groups excluding carboxylic acids is 6. The number of hydrogen-bond donors (Lipinski definition) is 0. The molecule has 0 aliphatic rings. The molecule has 0 aliphatic heterocycles. The fourth-order valence-electron chi connectivity index (χ4n) is 0.278. The van der Waals surface area contributed by atoms with E-state index in [1.165, 1.54) is 5.92 Å². The van der Waals surface area contributed by atoms with Crippen LogP contribution in [-0.4, -0.2) is 31.3 Å². The third kappa shape index (κ3) is 2.80. The van der Waals surface area contributed by atoms with E-state index in [-0.39, 0.29) is 0 Å². The summed E-state index contributed by atoms with van der Waals surface area (Å²) in [5.41, 5.74) is 0. The van der Waals surface area contributed by atoms with Crippen LogP contribution in [0, 0.1) is 5.92 Å². The summed E-state index contributed by atoms with van der Waals surface area (Å²) in [7, 11) is -5.95. The first-order chi connectivity index (χ1) is 7.71. The molecule has 0 fully saturated rings.